The van der Waals surface area contributed by atoms with Crippen molar-refractivity contribution in [1.29, 1.82) is 0 Å². The van der Waals surface area contributed by atoms with Crippen molar-refractivity contribution in [2.75, 3.05) is 0 Å². The molecule has 6 heterocycles. The number of thiophene rings is 2. The molecule has 0 spiro atoms. The Kier molecular flexibility index (Phi) is 13.5. The van der Waals surface area contributed by atoms with Crippen LogP contribution in [0.4, 0.5) is 0 Å². The maximum absolute atomic E-state index is 5.43. The van der Waals surface area contributed by atoms with E-state index in [9.17, 15) is 0 Å². The first-order valence-corrected chi connectivity index (χ1v) is 35.1. The molecule has 10 heteroatoms. The summed E-state index contributed by atoms with van der Waals surface area (Å²) in [4.78, 5) is 31.6. The molecule has 20 aromatic rings. The molecule has 0 radical (unpaired) electrons. The first-order valence-electron chi connectivity index (χ1n) is 33.5. The molecule has 0 amide bonds. The van der Waals surface area contributed by atoms with Crippen molar-refractivity contribution < 1.29 is 0 Å². The summed E-state index contributed by atoms with van der Waals surface area (Å²) >= 11 is 3.56. The van der Waals surface area contributed by atoms with E-state index in [2.05, 4.69) is 282 Å². The van der Waals surface area contributed by atoms with Gasteiger partial charge in [0.1, 0.15) is 0 Å². The summed E-state index contributed by atoms with van der Waals surface area (Å²) < 4.78 is 9.34. The third-order valence-corrected chi connectivity index (χ3v) is 21.8. The van der Waals surface area contributed by atoms with Crippen molar-refractivity contribution in [2.24, 2.45) is 0 Å². The first kappa shape index (κ1) is 57.4. The van der Waals surface area contributed by atoms with Gasteiger partial charge in [-0.2, -0.15) is 0 Å². The molecule has 0 unspecified atom stereocenters. The Morgan fingerprint density at radius 3 is 1.09 bits per heavy atom. The summed E-state index contributed by atoms with van der Waals surface area (Å²) in [7, 11) is 0. The lowest BCUT2D eigenvalue weighted by Crippen LogP contribution is -2.00. The lowest BCUT2D eigenvalue weighted by molar-refractivity contribution is 1.08. The Hall–Kier alpha value is -12.9. The molecule has 20 rings (SSSR count). The van der Waals surface area contributed by atoms with Crippen molar-refractivity contribution in [1.82, 2.24) is 39.0 Å². The van der Waals surface area contributed by atoms with Gasteiger partial charge in [-0.25, -0.2) is 29.9 Å². The van der Waals surface area contributed by atoms with Gasteiger partial charge in [-0.05, 0) is 118 Å². The first-order chi connectivity index (χ1) is 49.5. The maximum atomic E-state index is 5.43. The summed E-state index contributed by atoms with van der Waals surface area (Å²) in [5, 5.41) is 9.52. The molecule has 0 aliphatic heterocycles. The Morgan fingerprint density at radius 2 is 0.570 bits per heavy atom. The minimum atomic E-state index is 0.591. The second-order valence-electron chi connectivity index (χ2n) is 25.3. The number of aromatic nitrogens is 8. The fraction of sp³-hybridized carbons (Fsp3) is 0. The van der Waals surface area contributed by atoms with Gasteiger partial charge in [0.2, 0.25) is 0 Å². The molecule has 0 bridgehead atoms. The second-order valence-corrected chi connectivity index (χ2v) is 27.4. The van der Waals surface area contributed by atoms with Crippen LogP contribution in [0.25, 0.3) is 197 Å². The Balaban J connectivity index is 0.730. The smallest absolute Gasteiger partial charge is 0.165 e. The van der Waals surface area contributed by atoms with E-state index in [1.165, 1.54) is 48.2 Å². The van der Waals surface area contributed by atoms with Crippen molar-refractivity contribution in [3.63, 3.8) is 0 Å². The SMILES string of the molecule is c1ccc(-c2nc(-c3ccc(-c4cc(-c5ccc6c7ccccc7n(-c7ccccc7)c6c5)cc5sc6c(-c7nc(-c8ccccc8)nc(-c8ccccc8)n7)cccc6c45)cc3)nc(-c3cccc4c3sc3ccc(-c5ccc6c7ccccc7n(-c7ccccc7)c6c5)cc34)n2)cc1. The fourth-order valence-electron chi connectivity index (χ4n) is 14.7. The monoisotopic (exact) mass is 1310 g/mol. The average Bonchev–Trinajstić information content (AvgIpc) is 1.58. The third kappa shape index (κ3) is 9.63. The van der Waals surface area contributed by atoms with E-state index in [0.29, 0.717) is 34.9 Å². The van der Waals surface area contributed by atoms with Crippen molar-refractivity contribution in [2.45, 2.75) is 0 Å². The number of rotatable bonds is 11. The number of nitrogens with zero attached hydrogens (tertiary/aromatic N) is 8. The van der Waals surface area contributed by atoms with Gasteiger partial charge < -0.3 is 9.13 Å². The van der Waals surface area contributed by atoms with Crippen LogP contribution in [0.2, 0.25) is 0 Å². The van der Waals surface area contributed by atoms with E-state index in [1.54, 1.807) is 22.7 Å². The summed E-state index contributed by atoms with van der Waals surface area (Å²) in [6, 6.07) is 117. The summed E-state index contributed by atoms with van der Waals surface area (Å²) in [5.74, 6) is 3.68. The molecule has 0 fully saturated rings. The van der Waals surface area contributed by atoms with E-state index in [0.717, 1.165) is 114 Å². The Morgan fingerprint density at radius 1 is 0.200 bits per heavy atom. The number of fused-ring (bicyclic) bond motifs is 12. The number of hydrogen-bond acceptors (Lipinski definition) is 8. The summed E-state index contributed by atoms with van der Waals surface area (Å²) in [5.41, 5.74) is 19.2. The fourth-order valence-corrected chi connectivity index (χ4v) is 17.2. The molecule has 14 aromatic carbocycles. The van der Waals surface area contributed by atoms with Crippen LogP contribution in [-0.4, -0.2) is 39.0 Å². The number of hydrogen-bond donors (Lipinski definition) is 0. The summed E-state index contributed by atoms with van der Waals surface area (Å²) in [6.45, 7) is 0. The average molecular weight is 1310 g/mol. The quantitative estimate of drug-likeness (QED) is 0.128. The maximum Gasteiger partial charge on any atom is 0.165 e. The van der Waals surface area contributed by atoms with Gasteiger partial charge in [0, 0.05) is 107 Å². The van der Waals surface area contributed by atoms with Gasteiger partial charge in [-0.1, -0.05) is 243 Å². The number of benzene rings is 14. The van der Waals surface area contributed by atoms with Gasteiger partial charge in [-0.3, -0.25) is 0 Å². The molecular formula is C90H54N8S2. The van der Waals surface area contributed by atoms with Crippen LogP contribution >= 0.6 is 22.7 Å². The molecule has 0 N–H and O–H groups in total. The molecule has 466 valence electrons. The van der Waals surface area contributed by atoms with Gasteiger partial charge >= 0.3 is 0 Å². The zero-order valence-electron chi connectivity index (χ0n) is 53.6. The normalized spacial score (nSPS) is 11.8. The van der Waals surface area contributed by atoms with Crippen LogP contribution < -0.4 is 0 Å². The van der Waals surface area contributed by atoms with Gasteiger partial charge in [-0.15, -0.1) is 22.7 Å². The van der Waals surface area contributed by atoms with Gasteiger partial charge in [0.15, 0.2) is 34.9 Å². The highest BCUT2D eigenvalue weighted by molar-refractivity contribution is 7.26. The van der Waals surface area contributed by atoms with E-state index in [1.807, 2.05) is 54.6 Å². The molecule has 0 aliphatic carbocycles. The Labute approximate surface area is 582 Å². The van der Waals surface area contributed by atoms with E-state index >= 15 is 0 Å². The van der Waals surface area contributed by atoms with Crippen LogP contribution in [0.1, 0.15) is 0 Å². The summed E-state index contributed by atoms with van der Waals surface area (Å²) in [6.07, 6.45) is 0. The predicted molar refractivity (Wildman–Crippen MR) is 417 cm³/mol. The minimum Gasteiger partial charge on any atom is -0.309 e. The van der Waals surface area contributed by atoms with Crippen molar-refractivity contribution in [3.8, 4) is 113 Å². The molecule has 0 saturated heterocycles. The molecule has 0 aliphatic rings. The lowest BCUT2D eigenvalue weighted by atomic mass is 9.93. The predicted octanol–water partition coefficient (Wildman–Crippen LogP) is 24.0. The van der Waals surface area contributed by atoms with E-state index < -0.39 is 0 Å². The van der Waals surface area contributed by atoms with Crippen LogP contribution in [0.15, 0.2) is 328 Å². The largest absolute Gasteiger partial charge is 0.309 e. The van der Waals surface area contributed by atoms with E-state index in [4.69, 9.17) is 29.9 Å². The zero-order valence-corrected chi connectivity index (χ0v) is 55.2. The highest BCUT2D eigenvalue weighted by Crippen LogP contribution is 2.48. The standard InChI is InChI=1S/C90H54N8S2/c1-6-22-56(23-7-1)85-91-86(57-24-8-2-9-25-57)95-90(94-85)73-37-21-35-71-82-74(51-63(54-81(82)100-84(71)73)62-45-48-69-67-33-17-19-39-77(67)98(79(69)53-62)65-30-14-5-15-31-65)55-40-42-59(43-41-55)88-92-87(58-26-10-3-11-27-58)93-89(96-88)72-36-20-34-70-75-50-60(46-49-80(75)99-83(70)72)61-44-47-68-66-32-16-18-38-76(66)97(78(68)52-61)64-28-12-4-13-29-64/h1-54H. The second kappa shape index (κ2) is 23.5. The Bertz CT molecular complexity index is 6560. The lowest BCUT2D eigenvalue weighted by Gasteiger charge is -2.12. The topological polar surface area (TPSA) is 87.2 Å². The molecule has 6 aromatic heterocycles. The van der Waals surface area contributed by atoms with Gasteiger partial charge in [0.25, 0.3) is 0 Å². The third-order valence-electron chi connectivity index (χ3n) is 19.4. The molecule has 0 atom stereocenters. The van der Waals surface area contributed by atoms with Crippen LogP contribution in [0.3, 0.4) is 0 Å². The van der Waals surface area contributed by atoms with Crippen molar-refractivity contribution >= 4 is 107 Å². The molecule has 8 nitrogen and oxygen atoms in total. The molecule has 100 heavy (non-hydrogen) atoms. The highest BCUT2D eigenvalue weighted by atomic mass is 32.1. The zero-order chi connectivity index (χ0) is 65.8. The molecular weight excluding hydrogens is 1260 g/mol. The number of para-hydroxylation sites is 4. The van der Waals surface area contributed by atoms with Crippen LogP contribution in [0, 0.1) is 0 Å². The molecule has 0 saturated carbocycles. The van der Waals surface area contributed by atoms with Crippen LogP contribution in [0.5, 0.6) is 0 Å². The highest BCUT2D eigenvalue weighted by Gasteiger charge is 2.24. The van der Waals surface area contributed by atoms with Gasteiger partial charge in [0.05, 0.1) is 22.1 Å². The van der Waals surface area contributed by atoms with Crippen molar-refractivity contribution in [3.05, 3.63) is 328 Å². The minimum absolute atomic E-state index is 0.591. The van der Waals surface area contributed by atoms with Crippen LogP contribution in [-0.2, 0) is 0 Å². The van der Waals surface area contributed by atoms with E-state index in [-0.39, 0.29) is 0 Å².